The third-order valence-corrected chi connectivity index (χ3v) is 8.04. The standard InChI is InChI=1S/C21H28ClN3O2S2/c1-7-15(10-16(14(4)22)11-29(27)25(5)6)20-13(3)18-19(28-20)12(2)8-9-17(23)24-21(18)26/h7,10,12H,4,8-9,11H2,1-3,5-6H3,(H2,23,24,26)/b15-7?,16-10-. The third-order valence-electron chi connectivity index (χ3n) is 4.85. The summed E-state index contributed by atoms with van der Waals surface area (Å²) < 4.78 is 13.9. The zero-order valence-corrected chi connectivity index (χ0v) is 19.9. The van der Waals surface area contributed by atoms with E-state index in [0.29, 0.717) is 28.4 Å². The minimum absolute atomic E-state index is 0.214. The highest BCUT2D eigenvalue weighted by molar-refractivity contribution is 7.82. The lowest BCUT2D eigenvalue weighted by molar-refractivity contribution is 0.100. The Hall–Kier alpha value is -1.54. The molecule has 1 amide bonds. The Labute approximate surface area is 184 Å². The number of amides is 1. The summed E-state index contributed by atoms with van der Waals surface area (Å²) in [6.45, 7) is 9.81. The van der Waals surface area contributed by atoms with E-state index < -0.39 is 11.0 Å². The first-order valence-corrected chi connectivity index (χ1v) is 11.8. The van der Waals surface area contributed by atoms with Crippen LogP contribution < -0.4 is 5.73 Å². The van der Waals surface area contributed by atoms with E-state index in [0.717, 1.165) is 27.3 Å². The molecule has 1 aliphatic rings. The summed E-state index contributed by atoms with van der Waals surface area (Å²) >= 11 is 7.81. The fourth-order valence-corrected chi connectivity index (χ4v) is 5.50. The van der Waals surface area contributed by atoms with Crippen LogP contribution in [0.15, 0.2) is 34.3 Å². The molecule has 0 aliphatic carbocycles. The van der Waals surface area contributed by atoms with E-state index in [-0.39, 0.29) is 17.6 Å². The number of fused-ring (bicyclic) bond motifs is 1. The number of nitrogens with zero attached hydrogens (tertiary/aromatic N) is 2. The highest BCUT2D eigenvalue weighted by atomic mass is 35.5. The van der Waals surface area contributed by atoms with Gasteiger partial charge in [0.15, 0.2) is 0 Å². The van der Waals surface area contributed by atoms with Crippen molar-refractivity contribution in [2.24, 2.45) is 10.7 Å². The number of amidine groups is 1. The van der Waals surface area contributed by atoms with E-state index in [9.17, 15) is 9.00 Å². The van der Waals surface area contributed by atoms with Crippen molar-refractivity contribution in [1.82, 2.24) is 4.31 Å². The lowest BCUT2D eigenvalue weighted by Crippen LogP contribution is -2.19. The Morgan fingerprint density at radius 2 is 2.14 bits per heavy atom. The maximum atomic E-state index is 12.7. The molecule has 0 bridgehead atoms. The van der Waals surface area contributed by atoms with Crippen LogP contribution in [0.2, 0.25) is 0 Å². The Bertz CT molecular complexity index is 942. The van der Waals surface area contributed by atoms with Gasteiger partial charge >= 0.3 is 0 Å². The first-order valence-electron chi connectivity index (χ1n) is 9.35. The highest BCUT2D eigenvalue weighted by Gasteiger charge is 2.27. The maximum Gasteiger partial charge on any atom is 0.280 e. The molecule has 0 saturated heterocycles. The predicted molar refractivity (Wildman–Crippen MR) is 126 cm³/mol. The van der Waals surface area contributed by atoms with Gasteiger partial charge in [-0.25, -0.2) is 8.51 Å². The zero-order valence-electron chi connectivity index (χ0n) is 17.5. The second kappa shape index (κ2) is 9.98. The van der Waals surface area contributed by atoms with Crippen molar-refractivity contribution in [3.8, 4) is 0 Å². The number of nitrogens with two attached hydrogens (primary N) is 1. The number of allylic oxidation sites excluding steroid dienone is 4. The predicted octanol–water partition coefficient (Wildman–Crippen LogP) is 4.76. The molecule has 158 valence electrons. The van der Waals surface area contributed by atoms with Crippen LogP contribution in [0.4, 0.5) is 0 Å². The van der Waals surface area contributed by atoms with Crippen LogP contribution >= 0.6 is 22.9 Å². The van der Waals surface area contributed by atoms with Gasteiger partial charge in [-0.2, -0.15) is 4.99 Å². The Morgan fingerprint density at radius 1 is 1.48 bits per heavy atom. The molecule has 29 heavy (non-hydrogen) atoms. The van der Waals surface area contributed by atoms with Crippen LogP contribution in [0.25, 0.3) is 5.57 Å². The van der Waals surface area contributed by atoms with E-state index in [1.165, 1.54) is 0 Å². The summed E-state index contributed by atoms with van der Waals surface area (Å²) in [4.78, 5) is 18.8. The Morgan fingerprint density at radius 3 is 2.69 bits per heavy atom. The van der Waals surface area contributed by atoms with Gasteiger partial charge in [0.25, 0.3) is 5.91 Å². The first-order chi connectivity index (χ1) is 13.6. The van der Waals surface area contributed by atoms with Crippen molar-refractivity contribution in [2.75, 3.05) is 19.8 Å². The number of carbonyl (C=O) groups is 1. The third kappa shape index (κ3) is 5.54. The molecule has 5 nitrogen and oxygen atoms in total. The molecule has 0 fully saturated rings. The topological polar surface area (TPSA) is 75.8 Å². The largest absolute Gasteiger partial charge is 0.387 e. The smallest absolute Gasteiger partial charge is 0.280 e. The SMILES string of the molecule is C=C(Cl)/C(=C\C(=CC)c1sc2c(c1C)C(=O)N=C(N)CCC2C)CS(=O)N(C)C. The van der Waals surface area contributed by atoms with Gasteiger partial charge in [-0.05, 0) is 63.1 Å². The van der Waals surface area contributed by atoms with Crippen LogP contribution in [-0.4, -0.2) is 40.1 Å². The maximum absolute atomic E-state index is 12.7. The summed E-state index contributed by atoms with van der Waals surface area (Å²) in [5.74, 6) is 0.593. The van der Waals surface area contributed by atoms with Crippen LogP contribution in [0, 0.1) is 6.92 Å². The van der Waals surface area contributed by atoms with Gasteiger partial charge in [0.05, 0.1) is 22.3 Å². The molecule has 2 atom stereocenters. The summed E-state index contributed by atoms with van der Waals surface area (Å²) in [5, 5.41) is 0.356. The number of halogens is 1. The average molecular weight is 454 g/mol. The highest BCUT2D eigenvalue weighted by Crippen LogP contribution is 2.41. The van der Waals surface area contributed by atoms with Gasteiger partial charge in [-0.1, -0.05) is 31.2 Å². The molecular formula is C21H28ClN3O2S2. The summed E-state index contributed by atoms with van der Waals surface area (Å²) in [6, 6.07) is 0. The van der Waals surface area contributed by atoms with E-state index in [1.807, 2.05) is 26.0 Å². The van der Waals surface area contributed by atoms with Gasteiger partial charge in [-0.15, -0.1) is 11.3 Å². The van der Waals surface area contributed by atoms with E-state index in [2.05, 4.69) is 18.5 Å². The molecule has 1 aromatic rings. The van der Waals surface area contributed by atoms with Crippen molar-refractivity contribution in [3.05, 3.63) is 50.2 Å². The molecule has 0 radical (unpaired) electrons. The average Bonchev–Trinajstić information content (AvgIpc) is 2.98. The van der Waals surface area contributed by atoms with Crippen molar-refractivity contribution in [1.29, 1.82) is 0 Å². The lowest BCUT2D eigenvalue weighted by Gasteiger charge is -2.14. The summed E-state index contributed by atoms with van der Waals surface area (Å²) in [5.41, 5.74) is 9.04. The molecule has 0 saturated carbocycles. The Balaban J connectivity index is 2.56. The van der Waals surface area contributed by atoms with E-state index >= 15 is 0 Å². The summed E-state index contributed by atoms with van der Waals surface area (Å²) in [7, 11) is 2.30. The summed E-state index contributed by atoms with van der Waals surface area (Å²) in [6.07, 6.45) is 5.34. The van der Waals surface area contributed by atoms with Gasteiger partial charge in [-0.3, -0.25) is 4.79 Å². The van der Waals surface area contributed by atoms with Crippen LogP contribution in [-0.2, 0) is 11.0 Å². The molecule has 2 heterocycles. The number of hydrogen-bond acceptors (Lipinski definition) is 4. The molecule has 2 rings (SSSR count). The molecule has 0 spiro atoms. The van der Waals surface area contributed by atoms with E-state index in [4.69, 9.17) is 17.3 Å². The van der Waals surface area contributed by atoms with Crippen molar-refractivity contribution in [2.45, 2.75) is 39.5 Å². The lowest BCUT2D eigenvalue weighted by atomic mass is 9.95. The minimum Gasteiger partial charge on any atom is -0.387 e. The van der Waals surface area contributed by atoms with Crippen molar-refractivity contribution in [3.63, 3.8) is 0 Å². The Kier molecular flexibility index (Phi) is 8.17. The second-order valence-electron chi connectivity index (χ2n) is 7.24. The van der Waals surface area contributed by atoms with Gasteiger partial charge in [0, 0.05) is 21.2 Å². The quantitative estimate of drug-likeness (QED) is 0.631. The van der Waals surface area contributed by atoms with Gasteiger partial charge in [0.2, 0.25) is 0 Å². The van der Waals surface area contributed by atoms with Gasteiger partial charge in [0.1, 0.15) is 5.84 Å². The van der Waals surface area contributed by atoms with Crippen LogP contribution in [0.1, 0.15) is 58.3 Å². The second-order valence-corrected chi connectivity index (χ2v) is 10.4. The fourth-order valence-electron chi connectivity index (χ4n) is 3.09. The van der Waals surface area contributed by atoms with Crippen molar-refractivity contribution >= 4 is 51.2 Å². The zero-order chi connectivity index (χ0) is 21.9. The number of aliphatic imine (C=N–C) groups is 1. The number of rotatable bonds is 6. The van der Waals surface area contributed by atoms with Crippen molar-refractivity contribution < 1.29 is 9.00 Å². The number of carbonyl (C=O) groups excluding carboxylic acids is 1. The van der Waals surface area contributed by atoms with Crippen LogP contribution in [0.3, 0.4) is 0 Å². The molecule has 1 aromatic heterocycles. The molecular weight excluding hydrogens is 426 g/mol. The normalized spacial score (nSPS) is 19.5. The monoisotopic (exact) mass is 453 g/mol. The fraction of sp³-hybridized carbons (Fsp3) is 0.429. The number of thiophene rings is 1. The molecule has 0 aromatic carbocycles. The first kappa shape index (κ1) is 23.7. The molecule has 2 N–H and O–H groups in total. The van der Waals surface area contributed by atoms with Gasteiger partial charge < -0.3 is 5.73 Å². The van der Waals surface area contributed by atoms with Crippen LogP contribution in [0.5, 0.6) is 0 Å². The number of hydrogen-bond donors (Lipinski definition) is 1. The minimum atomic E-state index is -1.20. The molecule has 8 heteroatoms. The molecule has 1 aliphatic heterocycles. The molecule has 2 unspecified atom stereocenters. The van der Waals surface area contributed by atoms with E-state index in [1.54, 1.807) is 29.7 Å².